The Morgan fingerprint density at radius 3 is 2.75 bits per heavy atom. The Balaban J connectivity index is 2.15. The van der Waals surface area contributed by atoms with E-state index in [1.165, 1.54) is 6.42 Å². The van der Waals surface area contributed by atoms with Gasteiger partial charge in [-0.05, 0) is 43.9 Å². The first-order valence-corrected chi connectivity index (χ1v) is 7.02. The van der Waals surface area contributed by atoms with Crippen molar-refractivity contribution >= 4 is 11.6 Å². The standard InChI is InChI=1S/C15H22N2O3/c1-20-14-7-6-11(10-13(14)16)15(19)17(8-3-9-18)12-4-2-5-12/h6-7,10,12,18H,2-5,8-9,16H2,1H3. The van der Waals surface area contributed by atoms with Crippen molar-refractivity contribution in [2.45, 2.75) is 31.7 Å². The molecule has 5 heteroatoms. The van der Waals surface area contributed by atoms with Crippen molar-refractivity contribution in [1.29, 1.82) is 0 Å². The summed E-state index contributed by atoms with van der Waals surface area (Å²) in [6.07, 6.45) is 3.86. The van der Waals surface area contributed by atoms with Crippen molar-refractivity contribution < 1.29 is 14.6 Å². The van der Waals surface area contributed by atoms with Crippen LogP contribution in [0, 0.1) is 0 Å². The third-order valence-corrected chi connectivity index (χ3v) is 3.81. The lowest BCUT2D eigenvalue weighted by Crippen LogP contribution is -2.45. The molecule has 5 nitrogen and oxygen atoms in total. The van der Waals surface area contributed by atoms with Gasteiger partial charge in [-0.1, -0.05) is 0 Å². The number of carbonyl (C=O) groups is 1. The summed E-state index contributed by atoms with van der Waals surface area (Å²) < 4.78 is 5.10. The van der Waals surface area contributed by atoms with Gasteiger partial charge >= 0.3 is 0 Å². The molecule has 3 N–H and O–H groups in total. The average Bonchev–Trinajstić information content (AvgIpc) is 2.40. The van der Waals surface area contributed by atoms with E-state index in [0.29, 0.717) is 36.0 Å². The monoisotopic (exact) mass is 278 g/mol. The van der Waals surface area contributed by atoms with Crippen LogP contribution in [0.15, 0.2) is 18.2 Å². The van der Waals surface area contributed by atoms with Crippen LogP contribution in [0.3, 0.4) is 0 Å². The van der Waals surface area contributed by atoms with Crippen molar-refractivity contribution in [2.75, 3.05) is 26.0 Å². The molecule has 0 unspecified atom stereocenters. The van der Waals surface area contributed by atoms with Gasteiger partial charge in [0.2, 0.25) is 0 Å². The average molecular weight is 278 g/mol. The van der Waals surface area contributed by atoms with Crippen LogP contribution in [0.4, 0.5) is 5.69 Å². The van der Waals surface area contributed by atoms with Crippen LogP contribution in [0.2, 0.25) is 0 Å². The van der Waals surface area contributed by atoms with E-state index in [2.05, 4.69) is 0 Å². The molecule has 0 radical (unpaired) electrons. The van der Waals surface area contributed by atoms with Crippen molar-refractivity contribution in [3.05, 3.63) is 23.8 Å². The minimum Gasteiger partial charge on any atom is -0.495 e. The number of aliphatic hydroxyl groups excluding tert-OH is 1. The molecule has 0 saturated heterocycles. The Labute approximate surface area is 119 Å². The molecule has 110 valence electrons. The number of ether oxygens (including phenoxy) is 1. The molecule has 0 aromatic heterocycles. The quantitative estimate of drug-likeness (QED) is 0.776. The summed E-state index contributed by atoms with van der Waals surface area (Å²) in [5.74, 6) is 0.560. The minimum absolute atomic E-state index is 0.0162. The minimum atomic E-state index is -0.0162. The summed E-state index contributed by atoms with van der Waals surface area (Å²) in [4.78, 5) is 14.4. The number of hydrogen-bond donors (Lipinski definition) is 2. The normalized spacial score (nSPS) is 14.7. The van der Waals surface area contributed by atoms with Crippen molar-refractivity contribution in [3.8, 4) is 5.75 Å². The fourth-order valence-electron chi connectivity index (χ4n) is 2.42. The van der Waals surface area contributed by atoms with Crippen LogP contribution in [-0.4, -0.2) is 42.2 Å². The third kappa shape index (κ3) is 3.04. The molecule has 0 bridgehead atoms. The van der Waals surface area contributed by atoms with Crippen LogP contribution >= 0.6 is 0 Å². The fourth-order valence-corrected chi connectivity index (χ4v) is 2.42. The van der Waals surface area contributed by atoms with E-state index in [1.54, 1.807) is 25.3 Å². The number of anilines is 1. The smallest absolute Gasteiger partial charge is 0.254 e. The number of nitrogen functional groups attached to an aromatic ring is 1. The summed E-state index contributed by atoms with van der Waals surface area (Å²) in [5, 5.41) is 8.98. The maximum Gasteiger partial charge on any atom is 0.254 e. The molecule has 1 amide bonds. The SMILES string of the molecule is COc1ccc(C(=O)N(CCCO)C2CCC2)cc1N. The van der Waals surface area contributed by atoms with E-state index in [4.69, 9.17) is 15.6 Å². The topological polar surface area (TPSA) is 75.8 Å². The van der Waals surface area contributed by atoms with E-state index < -0.39 is 0 Å². The highest BCUT2D eigenvalue weighted by molar-refractivity contribution is 5.95. The first kappa shape index (κ1) is 14.7. The Hall–Kier alpha value is -1.75. The number of benzene rings is 1. The molecule has 1 aliphatic rings. The molecule has 1 aromatic carbocycles. The molecule has 0 spiro atoms. The molecule has 0 atom stereocenters. The lowest BCUT2D eigenvalue weighted by Gasteiger charge is -2.37. The van der Waals surface area contributed by atoms with Gasteiger partial charge in [-0.15, -0.1) is 0 Å². The summed E-state index contributed by atoms with van der Waals surface area (Å²) >= 11 is 0. The Morgan fingerprint density at radius 1 is 1.50 bits per heavy atom. The van der Waals surface area contributed by atoms with E-state index in [0.717, 1.165) is 12.8 Å². The van der Waals surface area contributed by atoms with Gasteiger partial charge in [0.05, 0.1) is 12.8 Å². The van der Waals surface area contributed by atoms with Crippen molar-refractivity contribution in [1.82, 2.24) is 4.90 Å². The lowest BCUT2D eigenvalue weighted by molar-refractivity contribution is 0.0562. The number of hydrogen-bond acceptors (Lipinski definition) is 4. The van der Waals surface area contributed by atoms with Crippen molar-refractivity contribution in [3.63, 3.8) is 0 Å². The second-order valence-electron chi connectivity index (χ2n) is 5.12. The van der Waals surface area contributed by atoms with Gasteiger partial charge < -0.3 is 20.5 Å². The first-order valence-electron chi connectivity index (χ1n) is 7.02. The molecule has 1 aliphatic carbocycles. The molecule has 0 heterocycles. The van der Waals surface area contributed by atoms with Gasteiger partial charge in [-0.2, -0.15) is 0 Å². The number of carbonyl (C=O) groups excluding carboxylic acids is 1. The van der Waals surface area contributed by atoms with Gasteiger partial charge in [-0.3, -0.25) is 4.79 Å². The number of nitrogens with two attached hydrogens (primary N) is 1. The summed E-state index contributed by atoms with van der Waals surface area (Å²) in [6.45, 7) is 0.688. The Morgan fingerprint density at radius 2 is 2.25 bits per heavy atom. The highest BCUT2D eigenvalue weighted by Crippen LogP contribution is 2.28. The zero-order valence-corrected chi connectivity index (χ0v) is 11.8. The highest BCUT2D eigenvalue weighted by atomic mass is 16.5. The molecule has 2 rings (SSSR count). The summed E-state index contributed by atoms with van der Waals surface area (Å²) in [7, 11) is 1.55. The first-order chi connectivity index (χ1) is 9.67. The van der Waals surface area contributed by atoms with Gasteiger partial charge in [0.25, 0.3) is 5.91 Å². The highest BCUT2D eigenvalue weighted by Gasteiger charge is 2.29. The summed E-state index contributed by atoms with van der Waals surface area (Å²) in [6, 6.07) is 5.42. The van der Waals surface area contributed by atoms with Crippen LogP contribution in [0.5, 0.6) is 5.75 Å². The molecular formula is C15H22N2O3. The predicted molar refractivity (Wildman–Crippen MR) is 77.8 cm³/mol. The number of methoxy groups -OCH3 is 1. The molecule has 20 heavy (non-hydrogen) atoms. The number of aliphatic hydroxyl groups is 1. The Kier molecular flexibility index (Phi) is 4.84. The lowest BCUT2D eigenvalue weighted by atomic mass is 9.90. The molecule has 1 fully saturated rings. The van der Waals surface area contributed by atoms with E-state index in [1.807, 2.05) is 4.90 Å². The van der Waals surface area contributed by atoms with Gasteiger partial charge in [-0.25, -0.2) is 0 Å². The summed E-state index contributed by atoms with van der Waals surface area (Å²) in [5.41, 5.74) is 6.90. The predicted octanol–water partition coefficient (Wildman–Crippen LogP) is 1.65. The van der Waals surface area contributed by atoms with Gasteiger partial charge in [0, 0.05) is 24.8 Å². The maximum absolute atomic E-state index is 12.6. The molecule has 0 aliphatic heterocycles. The molecule has 1 aromatic rings. The zero-order valence-electron chi connectivity index (χ0n) is 11.8. The number of amides is 1. The van der Waals surface area contributed by atoms with E-state index in [9.17, 15) is 4.79 Å². The second-order valence-corrected chi connectivity index (χ2v) is 5.12. The third-order valence-electron chi connectivity index (χ3n) is 3.81. The second kappa shape index (κ2) is 6.61. The number of rotatable bonds is 6. The number of nitrogens with zero attached hydrogens (tertiary/aromatic N) is 1. The fraction of sp³-hybridized carbons (Fsp3) is 0.533. The Bertz CT molecular complexity index is 472. The van der Waals surface area contributed by atoms with Crippen LogP contribution in [0.25, 0.3) is 0 Å². The maximum atomic E-state index is 12.6. The van der Waals surface area contributed by atoms with Crippen molar-refractivity contribution in [2.24, 2.45) is 0 Å². The largest absolute Gasteiger partial charge is 0.495 e. The molecule has 1 saturated carbocycles. The van der Waals surface area contributed by atoms with E-state index >= 15 is 0 Å². The molecular weight excluding hydrogens is 256 g/mol. The van der Waals surface area contributed by atoms with Crippen LogP contribution in [-0.2, 0) is 0 Å². The van der Waals surface area contributed by atoms with Gasteiger partial charge in [0.15, 0.2) is 0 Å². The van der Waals surface area contributed by atoms with E-state index in [-0.39, 0.29) is 12.5 Å². The zero-order chi connectivity index (χ0) is 14.5. The van der Waals surface area contributed by atoms with Gasteiger partial charge in [0.1, 0.15) is 5.75 Å². The van der Waals surface area contributed by atoms with Crippen LogP contribution in [0.1, 0.15) is 36.0 Å². The van der Waals surface area contributed by atoms with Crippen LogP contribution < -0.4 is 10.5 Å².